The Hall–Kier alpha value is -6.10. The highest BCUT2D eigenvalue weighted by Gasteiger charge is 2.26. The van der Waals surface area contributed by atoms with E-state index >= 15 is 0 Å². The molecule has 0 radical (unpaired) electrons. The Kier molecular flexibility index (Phi) is 38.7. The first-order chi connectivity index (χ1) is 36.5. The first kappa shape index (κ1) is 70.9. The molecule has 0 heterocycles. The second kappa shape index (κ2) is 42.0. The Morgan fingerprint density at radius 2 is 0.714 bits per heavy atom. The highest BCUT2D eigenvalue weighted by molar-refractivity contribution is 5.90. The van der Waals surface area contributed by atoms with Crippen LogP contribution >= 0.6 is 0 Å². The number of hydrogen-bond acceptors (Lipinski definition) is 23. The summed E-state index contributed by atoms with van der Waals surface area (Å²) in [5.41, 5.74) is -1.38. The number of rotatable bonds is 43. The average Bonchev–Trinajstić information content (AvgIpc) is 3.38. The zero-order valence-electron chi connectivity index (χ0n) is 44.1. The summed E-state index contributed by atoms with van der Waals surface area (Å²) in [7, 11) is 0. The molecule has 0 fully saturated rings. The molecule has 0 bridgehead atoms. The van der Waals surface area contributed by atoms with E-state index in [1.165, 1.54) is 0 Å². The Bertz CT molecular complexity index is 1940. The molecule has 77 heavy (non-hydrogen) atoms. The van der Waals surface area contributed by atoms with Crippen LogP contribution in [0.5, 0.6) is 0 Å². The molecule has 0 aliphatic rings. The fourth-order valence-corrected chi connectivity index (χ4v) is 6.00. The summed E-state index contributed by atoms with van der Waals surface area (Å²) in [6.07, 6.45) is -5.98. The van der Waals surface area contributed by atoms with Crippen molar-refractivity contribution in [2.24, 2.45) is 5.92 Å². The minimum atomic E-state index is -1.83. The SMILES string of the molecule is CC(=O)N/C(=C(\O)CO)C(O)OCCOCCNC(=O)C(CCC(=O)NCCOCCOC(O)/C(NC(C)=O)=C(\O)CO)NC(=O)CCC(NC(=O)CCC(C)C)C(=O)NCCOCCOC(O)/C(NC(C)=O)=C(/O)CO. The fourth-order valence-electron chi connectivity index (χ4n) is 6.00. The molecule has 31 heteroatoms. The molecule has 0 aliphatic heterocycles. The van der Waals surface area contributed by atoms with Crippen molar-refractivity contribution in [2.45, 2.75) is 104 Å². The summed E-state index contributed by atoms with van der Waals surface area (Å²) in [6, 6.07) is -2.53. The summed E-state index contributed by atoms with van der Waals surface area (Å²) in [5.74, 6) is -7.10. The quantitative estimate of drug-likeness (QED) is 0.0154. The number of ether oxygens (including phenoxy) is 6. The lowest BCUT2D eigenvalue weighted by Gasteiger charge is -2.21. The van der Waals surface area contributed by atoms with Gasteiger partial charge in [0.1, 0.15) is 66.3 Å². The molecule has 8 amide bonds. The molecule has 0 saturated heterocycles. The minimum absolute atomic E-state index is 0.0204. The van der Waals surface area contributed by atoms with Crippen molar-refractivity contribution in [3.8, 4) is 0 Å². The summed E-state index contributed by atoms with van der Waals surface area (Å²) < 4.78 is 31.5. The molecule has 0 saturated carbocycles. The van der Waals surface area contributed by atoms with Crippen molar-refractivity contribution in [3.63, 3.8) is 0 Å². The van der Waals surface area contributed by atoms with Gasteiger partial charge in [-0.25, -0.2) is 0 Å². The normalized spacial score (nSPS) is 14.3. The Balaban J connectivity index is 5.65. The van der Waals surface area contributed by atoms with E-state index in [2.05, 4.69) is 42.5 Å². The van der Waals surface area contributed by atoms with Crippen LogP contribution in [-0.4, -0.2) is 223 Å². The molecule has 0 aromatic heterocycles. The van der Waals surface area contributed by atoms with Crippen molar-refractivity contribution < 1.29 is 113 Å². The van der Waals surface area contributed by atoms with Crippen molar-refractivity contribution >= 4 is 47.3 Å². The first-order valence-electron chi connectivity index (χ1n) is 24.4. The average molecular weight is 1110 g/mol. The summed E-state index contributed by atoms with van der Waals surface area (Å²) in [5, 5.41) is 107. The van der Waals surface area contributed by atoms with Crippen molar-refractivity contribution in [1.29, 1.82) is 0 Å². The van der Waals surface area contributed by atoms with E-state index in [9.17, 15) is 69.0 Å². The number of aliphatic hydroxyl groups is 9. The predicted molar refractivity (Wildman–Crippen MR) is 265 cm³/mol. The molecule has 5 atom stereocenters. The maximum absolute atomic E-state index is 13.4. The molecule has 0 aromatic carbocycles. The van der Waals surface area contributed by atoms with Crippen molar-refractivity contribution in [2.75, 3.05) is 98.9 Å². The van der Waals surface area contributed by atoms with Crippen LogP contribution in [0.25, 0.3) is 0 Å². The molecular weight excluding hydrogens is 1030 g/mol. The lowest BCUT2D eigenvalue weighted by atomic mass is 10.1. The van der Waals surface area contributed by atoms with E-state index in [1.54, 1.807) is 0 Å². The molecule has 5 unspecified atom stereocenters. The van der Waals surface area contributed by atoms with Crippen LogP contribution in [0, 0.1) is 5.92 Å². The van der Waals surface area contributed by atoms with Gasteiger partial charge in [-0.3, -0.25) is 38.4 Å². The number of amides is 8. The third-order valence-corrected chi connectivity index (χ3v) is 9.80. The Labute approximate surface area is 445 Å². The molecule has 0 aromatic rings. The van der Waals surface area contributed by atoms with Gasteiger partial charge >= 0.3 is 0 Å². The van der Waals surface area contributed by atoms with Gasteiger partial charge in [0.15, 0.2) is 18.9 Å². The maximum atomic E-state index is 13.4. The van der Waals surface area contributed by atoms with Crippen LogP contribution < -0.4 is 42.5 Å². The number of hydrogen-bond donors (Lipinski definition) is 17. The number of carbonyl (C=O) groups is 8. The lowest BCUT2D eigenvalue weighted by Crippen LogP contribution is -2.50. The third kappa shape index (κ3) is 34.3. The third-order valence-electron chi connectivity index (χ3n) is 9.80. The second-order valence-electron chi connectivity index (χ2n) is 16.8. The van der Waals surface area contributed by atoms with Gasteiger partial charge in [0.05, 0.1) is 59.5 Å². The molecule has 17 N–H and O–H groups in total. The number of aliphatic hydroxyl groups excluding tert-OH is 9. The van der Waals surface area contributed by atoms with Crippen LogP contribution in [0.1, 0.15) is 73.1 Å². The summed E-state index contributed by atoms with van der Waals surface area (Å²) in [4.78, 5) is 99.9. The maximum Gasteiger partial charge on any atom is 0.242 e. The monoisotopic (exact) mass is 1110 g/mol. The minimum Gasteiger partial charge on any atom is -0.508 e. The van der Waals surface area contributed by atoms with E-state index in [0.29, 0.717) is 6.42 Å². The molecule has 0 rings (SSSR count). The highest BCUT2D eigenvalue weighted by atomic mass is 16.6. The molecular formula is C46H80N8O23. The highest BCUT2D eigenvalue weighted by Crippen LogP contribution is 2.10. The van der Waals surface area contributed by atoms with Crippen molar-refractivity contribution in [3.05, 3.63) is 34.4 Å². The van der Waals surface area contributed by atoms with Gasteiger partial charge < -0.3 is 117 Å². The van der Waals surface area contributed by atoms with Crippen LogP contribution in [0.3, 0.4) is 0 Å². The van der Waals surface area contributed by atoms with E-state index in [0.717, 1.165) is 20.8 Å². The van der Waals surface area contributed by atoms with Crippen LogP contribution in [0.15, 0.2) is 34.4 Å². The van der Waals surface area contributed by atoms with E-state index in [4.69, 9.17) is 43.7 Å². The zero-order chi connectivity index (χ0) is 58.3. The van der Waals surface area contributed by atoms with Crippen LogP contribution in [0.4, 0.5) is 0 Å². The smallest absolute Gasteiger partial charge is 0.242 e. The topological polar surface area (TPSA) is 470 Å². The molecule has 31 nitrogen and oxygen atoms in total. The van der Waals surface area contributed by atoms with E-state index < -0.39 is 132 Å². The zero-order valence-corrected chi connectivity index (χ0v) is 44.1. The molecule has 0 spiro atoms. The predicted octanol–water partition coefficient (Wildman–Crippen LogP) is -4.95. The van der Waals surface area contributed by atoms with Gasteiger partial charge in [-0.2, -0.15) is 0 Å². The van der Waals surface area contributed by atoms with Gasteiger partial charge in [-0.15, -0.1) is 0 Å². The standard InChI is InChI=1S/C46H80N8O23/c1-27(2)6-9-37(65)53-32(43(68)49-14-17-74-20-23-77-46(71)41(35(63)26-57)52-30(5)60)8-11-38(66)54-31(42(67)48-13-16-73-19-22-76-45(70)40(34(62)25-56)51-29(4)59)7-10-36(64)47-12-15-72-18-21-75-44(69)39(33(61)24-55)50-28(3)58/h27,31-32,44-46,55-57,61-63,69-71H,6-26H2,1-5H3,(H,47,64)(H,48,67)(H,49,68)(H,50,58)(H,51,59)(H,52,60)(H,53,65)(H,54,66)/b39-33+,40-34-,41-35-. The fraction of sp³-hybridized carbons (Fsp3) is 0.696. The number of carbonyl (C=O) groups excluding carboxylic acids is 8. The van der Waals surface area contributed by atoms with Crippen LogP contribution in [0.2, 0.25) is 0 Å². The van der Waals surface area contributed by atoms with Crippen molar-refractivity contribution in [1.82, 2.24) is 42.5 Å². The summed E-state index contributed by atoms with van der Waals surface area (Å²) in [6.45, 7) is 2.90. The lowest BCUT2D eigenvalue weighted by molar-refractivity contribution is -0.131. The number of nitrogens with one attached hydrogen (secondary N) is 8. The van der Waals surface area contributed by atoms with Gasteiger partial charge in [-0.1, -0.05) is 13.8 Å². The van der Waals surface area contributed by atoms with E-state index in [1.807, 2.05) is 13.8 Å². The second-order valence-corrected chi connectivity index (χ2v) is 16.8. The van der Waals surface area contributed by atoms with Gasteiger partial charge in [-0.05, 0) is 25.2 Å². The first-order valence-corrected chi connectivity index (χ1v) is 24.4. The summed E-state index contributed by atoms with van der Waals surface area (Å²) >= 11 is 0. The Morgan fingerprint density at radius 3 is 1.01 bits per heavy atom. The van der Waals surface area contributed by atoms with Crippen LogP contribution in [-0.2, 0) is 66.8 Å². The van der Waals surface area contributed by atoms with Gasteiger partial charge in [0, 0.05) is 59.7 Å². The Morgan fingerprint density at radius 1 is 0.416 bits per heavy atom. The molecule has 442 valence electrons. The van der Waals surface area contributed by atoms with Gasteiger partial charge in [0.25, 0.3) is 0 Å². The van der Waals surface area contributed by atoms with Gasteiger partial charge in [0.2, 0.25) is 47.3 Å². The largest absolute Gasteiger partial charge is 0.508 e. The van der Waals surface area contributed by atoms with E-state index in [-0.39, 0.29) is 117 Å². The molecule has 0 aliphatic carbocycles.